The van der Waals surface area contributed by atoms with Crippen molar-refractivity contribution in [2.75, 3.05) is 13.7 Å². The second-order valence-electron chi connectivity index (χ2n) is 6.37. The van der Waals surface area contributed by atoms with Gasteiger partial charge in [0.1, 0.15) is 17.9 Å². The molecular formula is C20H22N4O. The fourth-order valence-corrected chi connectivity index (χ4v) is 3.48. The lowest BCUT2D eigenvalue weighted by Crippen LogP contribution is -2.23. The van der Waals surface area contributed by atoms with Gasteiger partial charge in [0.15, 0.2) is 0 Å². The van der Waals surface area contributed by atoms with Crippen molar-refractivity contribution >= 4 is 0 Å². The number of benzene rings is 1. The predicted octanol–water partition coefficient (Wildman–Crippen LogP) is 3.61. The Balaban J connectivity index is 1.54. The van der Waals surface area contributed by atoms with E-state index in [1.54, 1.807) is 19.6 Å². The second kappa shape index (κ2) is 7.07. The number of nitrogens with zero attached hydrogens (tertiary/aromatic N) is 4. The van der Waals surface area contributed by atoms with E-state index < -0.39 is 0 Å². The van der Waals surface area contributed by atoms with E-state index in [0.29, 0.717) is 6.04 Å². The molecule has 0 amide bonds. The molecule has 0 saturated carbocycles. The van der Waals surface area contributed by atoms with Crippen LogP contribution in [0.25, 0.3) is 5.82 Å². The smallest absolute Gasteiger partial charge is 0.138 e. The van der Waals surface area contributed by atoms with Crippen LogP contribution < -0.4 is 4.74 Å². The molecule has 1 fully saturated rings. The van der Waals surface area contributed by atoms with Crippen LogP contribution in [0.2, 0.25) is 0 Å². The number of ether oxygens (including phenoxy) is 1. The van der Waals surface area contributed by atoms with Gasteiger partial charge in [-0.05, 0) is 49.2 Å². The van der Waals surface area contributed by atoms with Crippen LogP contribution in [0.3, 0.4) is 0 Å². The van der Waals surface area contributed by atoms with Gasteiger partial charge in [-0.2, -0.15) is 0 Å². The fourth-order valence-electron chi connectivity index (χ4n) is 3.48. The monoisotopic (exact) mass is 334 g/mol. The highest BCUT2D eigenvalue weighted by Gasteiger charge is 2.27. The lowest BCUT2D eigenvalue weighted by Gasteiger charge is -2.24. The van der Waals surface area contributed by atoms with E-state index in [2.05, 4.69) is 34.1 Å². The van der Waals surface area contributed by atoms with Crippen molar-refractivity contribution in [3.8, 4) is 11.6 Å². The summed E-state index contributed by atoms with van der Waals surface area (Å²) in [5.74, 6) is 1.82. The molecule has 1 aromatic carbocycles. The predicted molar refractivity (Wildman–Crippen MR) is 96.7 cm³/mol. The quantitative estimate of drug-likeness (QED) is 0.715. The third kappa shape index (κ3) is 3.42. The number of hydrogen-bond acceptors (Lipinski definition) is 4. The van der Waals surface area contributed by atoms with Crippen molar-refractivity contribution in [1.29, 1.82) is 0 Å². The van der Waals surface area contributed by atoms with Gasteiger partial charge in [0.25, 0.3) is 0 Å². The maximum Gasteiger partial charge on any atom is 0.138 e. The molecule has 5 nitrogen and oxygen atoms in total. The SMILES string of the molecule is COc1ccc(CN2CCC[C@@H]2c2cccc(-n3ccnc3)n2)cc1. The third-order valence-electron chi connectivity index (χ3n) is 4.77. The lowest BCUT2D eigenvalue weighted by atomic mass is 10.1. The summed E-state index contributed by atoms with van der Waals surface area (Å²) < 4.78 is 7.20. The highest BCUT2D eigenvalue weighted by atomic mass is 16.5. The number of methoxy groups -OCH3 is 1. The number of pyridine rings is 1. The molecule has 0 radical (unpaired) electrons. The summed E-state index contributed by atoms with van der Waals surface area (Å²) in [4.78, 5) is 11.5. The van der Waals surface area contributed by atoms with Crippen molar-refractivity contribution in [3.63, 3.8) is 0 Å². The zero-order valence-corrected chi connectivity index (χ0v) is 14.4. The number of aromatic nitrogens is 3. The molecule has 25 heavy (non-hydrogen) atoms. The first-order valence-electron chi connectivity index (χ1n) is 8.66. The van der Waals surface area contributed by atoms with Crippen LogP contribution in [0.1, 0.15) is 30.1 Å². The lowest BCUT2D eigenvalue weighted by molar-refractivity contribution is 0.244. The molecule has 0 spiro atoms. The van der Waals surface area contributed by atoms with Gasteiger partial charge in [0, 0.05) is 18.9 Å². The third-order valence-corrected chi connectivity index (χ3v) is 4.77. The molecular weight excluding hydrogens is 312 g/mol. The van der Waals surface area contributed by atoms with Crippen molar-refractivity contribution < 1.29 is 4.74 Å². The van der Waals surface area contributed by atoms with Gasteiger partial charge < -0.3 is 4.74 Å². The van der Waals surface area contributed by atoms with E-state index >= 15 is 0 Å². The zero-order valence-electron chi connectivity index (χ0n) is 14.4. The van der Waals surface area contributed by atoms with E-state index in [4.69, 9.17) is 9.72 Å². The Morgan fingerprint density at radius 1 is 1.16 bits per heavy atom. The minimum absolute atomic E-state index is 0.366. The average Bonchev–Trinajstić information content (AvgIpc) is 3.35. The minimum atomic E-state index is 0.366. The molecule has 0 N–H and O–H groups in total. The van der Waals surface area contributed by atoms with Crippen molar-refractivity contribution in [1.82, 2.24) is 19.4 Å². The molecule has 0 unspecified atom stereocenters. The van der Waals surface area contributed by atoms with Crippen LogP contribution in [0, 0.1) is 0 Å². The Morgan fingerprint density at radius 3 is 2.80 bits per heavy atom. The normalized spacial score (nSPS) is 17.7. The number of imidazole rings is 1. The van der Waals surface area contributed by atoms with Gasteiger partial charge >= 0.3 is 0 Å². The Morgan fingerprint density at radius 2 is 2.04 bits per heavy atom. The van der Waals surface area contributed by atoms with E-state index in [0.717, 1.165) is 36.8 Å². The maximum absolute atomic E-state index is 5.25. The van der Waals surface area contributed by atoms with Crippen molar-refractivity contribution in [3.05, 3.63) is 72.4 Å². The Labute approximate surface area is 147 Å². The Hall–Kier alpha value is -2.66. The molecule has 3 aromatic rings. The molecule has 5 heteroatoms. The van der Waals surface area contributed by atoms with Gasteiger partial charge in [-0.3, -0.25) is 9.47 Å². The first-order chi connectivity index (χ1) is 12.3. The summed E-state index contributed by atoms with van der Waals surface area (Å²) in [5, 5.41) is 0. The van der Waals surface area contributed by atoms with Crippen LogP contribution in [-0.2, 0) is 6.54 Å². The molecule has 1 saturated heterocycles. The molecule has 128 valence electrons. The molecule has 0 aliphatic carbocycles. The van der Waals surface area contributed by atoms with Crippen LogP contribution in [-0.4, -0.2) is 33.1 Å². The van der Waals surface area contributed by atoms with Gasteiger partial charge in [-0.15, -0.1) is 0 Å². The minimum Gasteiger partial charge on any atom is -0.497 e. The van der Waals surface area contributed by atoms with Crippen LogP contribution >= 0.6 is 0 Å². The first kappa shape index (κ1) is 15.8. The van der Waals surface area contributed by atoms with Gasteiger partial charge in [0.05, 0.1) is 18.8 Å². The molecule has 3 heterocycles. The molecule has 2 aromatic heterocycles. The molecule has 1 aliphatic rings. The maximum atomic E-state index is 5.25. The largest absolute Gasteiger partial charge is 0.497 e. The summed E-state index contributed by atoms with van der Waals surface area (Å²) in [6.07, 6.45) is 7.85. The number of rotatable bonds is 5. The fraction of sp³-hybridized carbons (Fsp3) is 0.300. The van der Waals surface area contributed by atoms with Gasteiger partial charge in [-0.25, -0.2) is 9.97 Å². The van der Waals surface area contributed by atoms with E-state index in [-0.39, 0.29) is 0 Å². The average molecular weight is 334 g/mol. The van der Waals surface area contributed by atoms with Crippen LogP contribution in [0.15, 0.2) is 61.2 Å². The summed E-state index contributed by atoms with van der Waals surface area (Å²) >= 11 is 0. The number of likely N-dealkylation sites (tertiary alicyclic amines) is 1. The highest BCUT2D eigenvalue weighted by Crippen LogP contribution is 2.32. The summed E-state index contributed by atoms with van der Waals surface area (Å²) in [6.45, 7) is 2.04. The number of hydrogen-bond donors (Lipinski definition) is 0. The molecule has 1 aliphatic heterocycles. The molecule has 4 rings (SSSR count). The van der Waals surface area contributed by atoms with Gasteiger partial charge in [-0.1, -0.05) is 18.2 Å². The van der Waals surface area contributed by atoms with Crippen molar-refractivity contribution in [2.24, 2.45) is 0 Å². The molecule has 0 bridgehead atoms. The Bertz CT molecular complexity index is 814. The Kier molecular flexibility index (Phi) is 4.48. The van der Waals surface area contributed by atoms with Crippen molar-refractivity contribution in [2.45, 2.75) is 25.4 Å². The van der Waals surface area contributed by atoms with Crippen LogP contribution in [0.5, 0.6) is 5.75 Å². The van der Waals surface area contributed by atoms with E-state index in [1.165, 1.54) is 12.0 Å². The van der Waals surface area contributed by atoms with Gasteiger partial charge in [0.2, 0.25) is 0 Å². The summed E-state index contributed by atoms with van der Waals surface area (Å²) in [5.41, 5.74) is 2.44. The van der Waals surface area contributed by atoms with E-state index in [1.807, 2.05) is 29.0 Å². The first-order valence-corrected chi connectivity index (χ1v) is 8.66. The van der Waals surface area contributed by atoms with E-state index in [9.17, 15) is 0 Å². The zero-order chi connectivity index (χ0) is 17.1. The van der Waals surface area contributed by atoms with Crippen LogP contribution in [0.4, 0.5) is 0 Å². The highest BCUT2D eigenvalue weighted by molar-refractivity contribution is 5.28. The standard InChI is InChI=1S/C20H22N4O/c1-25-17-9-7-16(8-10-17)14-23-12-3-5-19(23)18-4-2-6-20(22-18)24-13-11-21-15-24/h2,4,6-11,13,15,19H,3,5,12,14H2,1H3/t19-/m1/s1. The summed E-state index contributed by atoms with van der Waals surface area (Å²) in [7, 11) is 1.70. The molecule has 1 atom stereocenters. The topological polar surface area (TPSA) is 43.2 Å². The summed E-state index contributed by atoms with van der Waals surface area (Å²) in [6, 6.07) is 14.9. The second-order valence-corrected chi connectivity index (χ2v) is 6.37.